The summed E-state index contributed by atoms with van der Waals surface area (Å²) in [5.74, 6) is 2.79. The molecule has 0 bridgehead atoms. The first kappa shape index (κ1) is 92.7. The summed E-state index contributed by atoms with van der Waals surface area (Å²) in [6.45, 7) is 15.2. The van der Waals surface area contributed by atoms with Gasteiger partial charge in [-0.15, -0.1) is 45.3 Å². The Labute approximate surface area is 844 Å². The smallest absolute Gasteiger partial charge is 0.229 e. The van der Waals surface area contributed by atoms with E-state index in [0.29, 0.717) is 46.7 Å². The predicted octanol–water partition coefficient (Wildman–Crippen LogP) is 27.5. The highest BCUT2D eigenvalue weighted by atomic mass is 32.1. The van der Waals surface area contributed by atoms with Gasteiger partial charge < -0.3 is 41.2 Å². The molecule has 28 nitrogen and oxygen atoms in total. The molecule has 0 saturated heterocycles. The number of carbonyl (C=O) groups is 4. The Morgan fingerprint density at radius 3 is 0.993 bits per heavy atom. The molecule has 0 radical (unpaired) electrons. The molecule has 716 valence electrons. The summed E-state index contributed by atoms with van der Waals surface area (Å²) < 4.78 is 13.7. The van der Waals surface area contributed by atoms with E-state index in [1.807, 2.05) is 194 Å². The van der Waals surface area contributed by atoms with Gasteiger partial charge in [-0.3, -0.25) is 59.5 Å². The third-order valence-corrected chi connectivity index (χ3v) is 29.1. The van der Waals surface area contributed by atoms with Crippen LogP contribution in [0.4, 0.5) is 27.1 Å². The lowest BCUT2D eigenvalue weighted by atomic mass is 9.95. The van der Waals surface area contributed by atoms with E-state index in [9.17, 15) is 23.6 Å². The number of carbonyl (C=O) groups excluding carboxylic acids is 4. The number of halogens is 1. The number of hydrogen-bond acceptors (Lipinski definition) is 20. The van der Waals surface area contributed by atoms with E-state index in [1.165, 1.54) is 25.6 Å². The van der Waals surface area contributed by atoms with Crippen LogP contribution in [0.25, 0.3) is 220 Å². The minimum atomic E-state index is -0.509. The number of H-pyrrole nitrogens is 8. The third kappa shape index (κ3) is 19.3. The number of pyridine rings is 4. The number of rotatable bonds is 18. The standard InChI is InChI=1S/C29H24N6OS.C29H26N6OS.C28H23FN6OS.C26H20N6OS/c36-29(17-5-1-2-6-17)31-20-13-19(15-30-16-20)18-10-11-23-22(14-18)27(35-34-23)28-32-24-8-3-7-21(26(24)33-28)25-9-4-12-37-25;1-16-8-11-24(37-16)20-6-5-7-23-25(20)33-27(32-23)26-21-13-17(9-10-22(21)34-35-26)18-12-19(15-30-14-18)31-28(36)29(2,3)4;1-28(2,3)27(36)31-17-11-16(13-30-14-17)15-7-8-20-19(12-15)25(35-34-20)26-32-21-6-4-5-18(24(21)33-26)22-9-10-23(29)37-22;1-2-23(33)28-17-11-16(13-27-14-17)15-8-9-20-19(12-15)25(32-31-20)26-29-21-6-3-5-18(24(21)30-26)22-7-4-10-34-22/h3-4,7-17H,1-2,5-6H2,(H,31,36)(H,32,33)(H,34,35);5-15H,1-4H3,(H,31,36)(H,32,33)(H,34,35);4-14H,1-3H3,(H,31,36)(H,32,33)(H,34,35);3-14H,2H2,1H3,(H,28,33)(H,29,30)(H,31,32). The summed E-state index contributed by atoms with van der Waals surface area (Å²) in [6, 6.07) is 72.3. The molecule has 0 aliphatic heterocycles. The molecule has 25 rings (SSSR count). The minimum absolute atomic E-state index is 0.0432. The van der Waals surface area contributed by atoms with Crippen LogP contribution in [0.15, 0.2) is 279 Å². The average molecular weight is 1990 g/mol. The van der Waals surface area contributed by atoms with E-state index in [1.54, 1.807) is 83.5 Å². The Morgan fingerprint density at radius 1 is 0.352 bits per heavy atom. The van der Waals surface area contributed by atoms with Gasteiger partial charge in [0, 0.05) is 138 Å². The molecule has 4 amide bonds. The molecule has 24 aromatic rings. The van der Waals surface area contributed by atoms with E-state index in [0.717, 1.165) is 225 Å². The molecule has 1 aliphatic carbocycles. The first-order chi connectivity index (χ1) is 70.4. The van der Waals surface area contributed by atoms with Crippen LogP contribution < -0.4 is 21.3 Å². The predicted molar refractivity (Wildman–Crippen MR) is 581 cm³/mol. The topological polar surface area (TPSA) is 397 Å². The lowest BCUT2D eigenvalue weighted by molar-refractivity contribution is -0.123. The van der Waals surface area contributed by atoms with Gasteiger partial charge in [0.15, 0.2) is 28.4 Å². The van der Waals surface area contributed by atoms with E-state index in [-0.39, 0.29) is 34.7 Å². The maximum atomic E-state index is 13.7. The molecule has 1 fully saturated rings. The molecule has 16 aromatic heterocycles. The number of hydrogen-bond donors (Lipinski definition) is 12. The summed E-state index contributed by atoms with van der Waals surface area (Å²) in [4.78, 5) is 106. The number of para-hydroxylation sites is 4. The average Bonchev–Trinajstić information content (AvgIpc) is 1.62. The fraction of sp³-hybridized carbons (Fsp3) is 0.143. The number of aryl methyl sites for hydroxylation is 1. The fourth-order valence-corrected chi connectivity index (χ4v) is 20.9. The van der Waals surface area contributed by atoms with Crippen molar-refractivity contribution in [1.82, 2.24) is 101 Å². The van der Waals surface area contributed by atoms with Gasteiger partial charge in [-0.1, -0.05) is 146 Å². The van der Waals surface area contributed by atoms with Gasteiger partial charge in [-0.2, -0.15) is 24.8 Å². The van der Waals surface area contributed by atoms with Gasteiger partial charge in [0.25, 0.3) is 0 Å². The lowest BCUT2D eigenvalue weighted by Crippen LogP contribution is -2.27. The summed E-state index contributed by atoms with van der Waals surface area (Å²) >= 11 is 6.26. The van der Waals surface area contributed by atoms with Crippen molar-refractivity contribution >= 4 is 179 Å². The molecule has 16 heterocycles. The van der Waals surface area contributed by atoms with E-state index < -0.39 is 10.8 Å². The highest BCUT2D eigenvalue weighted by molar-refractivity contribution is 7.15. The van der Waals surface area contributed by atoms with Crippen molar-refractivity contribution in [2.24, 2.45) is 16.7 Å². The second-order valence-corrected chi connectivity index (χ2v) is 41.8. The van der Waals surface area contributed by atoms with Crippen molar-refractivity contribution in [1.29, 1.82) is 0 Å². The number of amides is 4. The number of nitrogens with zero attached hydrogens (tertiary/aromatic N) is 12. The molecular weight excluding hydrogens is 1890 g/mol. The van der Waals surface area contributed by atoms with E-state index >= 15 is 0 Å². The highest BCUT2D eigenvalue weighted by Crippen LogP contribution is 2.44. The summed E-state index contributed by atoms with van der Waals surface area (Å²) in [6.07, 6.45) is 18.4. The summed E-state index contributed by atoms with van der Waals surface area (Å²) in [5.41, 5.74) is 27.3. The van der Waals surface area contributed by atoms with Gasteiger partial charge in [-0.25, -0.2) is 19.9 Å². The number of anilines is 4. The zero-order valence-corrected chi connectivity index (χ0v) is 82.9. The number of imidazole rings is 4. The normalized spacial score (nSPS) is 12.3. The van der Waals surface area contributed by atoms with E-state index in [2.05, 4.69) is 186 Å². The largest absolute Gasteiger partial charge is 0.337 e. The first-order valence-corrected chi connectivity index (χ1v) is 50.7. The Balaban J connectivity index is 0.000000110. The molecule has 8 aromatic carbocycles. The number of aromatic amines is 8. The Kier molecular flexibility index (Phi) is 24.9. The molecule has 12 N–H and O–H groups in total. The number of aromatic nitrogens is 20. The fourth-order valence-electron chi connectivity index (χ4n) is 17.8. The SMILES string of the molecule is CC(C)(C)C(=O)Nc1cncc(-c2ccc3[nH]nc(-c4nc5c(-c6ccc(F)s6)cccc5[nH]4)c3c2)c1.CCC(=O)Nc1cncc(-c2ccc3[nH]nc(-c4nc5c(-c6cccs6)cccc5[nH]4)c3c2)c1.Cc1ccc(-c2cccc3[nH]c(-c4n[nH]c5ccc(-c6cncc(NC(=O)C(C)(C)C)c6)cc45)nc23)s1.O=C(Nc1cncc(-c2ccc3[nH]nc(-c4nc5c(-c6cccs6)cccc5[nH]4)c3c2)c1)C1CCCC1. The maximum absolute atomic E-state index is 13.7. The number of fused-ring (bicyclic) bond motifs is 8. The first-order valence-electron chi connectivity index (χ1n) is 47.3. The lowest BCUT2D eigenvalue weighted by Gasteiger charge is -2.17. The Bertz CT molecular complexity index is 8780. The van der Waals surface area contributed by atoms with Crippen LogP contribution in [0, 0.1) is 28.8 Å². The number of thiophene rings is 4. The molecule has 33 heteroatoms. The van der Waals surface area contributed by atoms with Gasteiger partial charge in [0.05, 0.1) is 114 Å². The zero-order chi connectivity index (χ0) is 99.3. The van der Waals surface area contributed by atoms with Crippen molar-refractivity contribution in [2.45, 2.75) is 87.5 Å². The third-order valence-electron chi connectivity index (χ3n) is 25.4. The van der Waals surface area contributed by atoms with Crippen LogP contribution in [-0.2, 0) is 19.2 Å². The monoisotopic (exact) mass is 1980 g/mol. The van der Waals surface area contributed by atoms with Gasteiger partial charge in [0.1, 0.15) is 22.8 Å². The van der Waals surface area contributed by atoms with Crippen LogP contribution in [0.1, 0.15) is 85.4 Å². The number of benzene rings is 8. The van der Waals surface area contributed by atoms with Gasteiger partial charge in [-0.05, 0) is 186 Å². The van der Waals surface area contributed by atoms with Crippen molar-refractivity contribution < 1.29 is 23.6 Å². The number of nitrogens with one attached hydrogen (secondary N) is 12. The highest BCUT2D eigenvalue weighted by Gasteiger charge is 2.28. The molecule has 0 atom stereocenters. The van der Waals surface area contributed by atoms with Crippen molar-refractivity contribution in [3.05, 3.63) is 289 Å². The Morgan fingerprint density at radius 2 is 0.683 bits per heavy atom. The molecule has 145 heavy (non-hydrogen) atoms. The quantitative estimate of drug-likeness (QED) is 0.0380. The summed E-state index contributed by atoms with van der Waals surface area (Å²) in [5, 5.41) is 50.3. The zero-order valence-electron chi connectivity index (χ0n) is 79.7. The van der Waals surface area contributed by atoms with E-state index in [4.69, 9.17) is 19.9 Å². The summed E-state index contributed by atoms with van der Waals surface area (Å²) in [7, 11) is 0. The van der Waals surface area contributed by atoms with Crippen molar-refractivity contribution in [3.63, 3.8) is 0 Å². The van der Waals surface area contributed by atoms with Crippen molar-refractivity contribution in [2.75, 3.05) is 21.3 Å². The molecule has 1 aliphatic rings. The van der Waals surface area contributed by atoms with Crippen molar-refractivity contribution in [3.8, 4) is 132 Å². The second kappa shape index (κ2) is 39.0. The molecule has 1 saturated carbocycles. The molecule has 0 spiro atoms. The van der Waals surface area contributed by atoms with Gasteiger partial charge in [0.2, 0.25) is 23.6 Å². The molecule has 0 unspecified atom stereocenters. The van der Waals surface area contributed by atoms with Crippen LogP contribution in [0.3, 0.4) is 0 Å². The Hall–Kier alpha value is -17.3. The van der Waals surface area contributed by atoms with Gasteiger partial charge >= 0.3 is 0 Å². The van der Waals surface area contributed by atoms with Crippen LogP contribution >= 0.6 is 45.3 Å². The maximum Gasteiger partial charge on any atom is 0.229 e. The van der Waals surface area contributed by atoms with Crippen LogP contribution in [0.2, 0.25) is 0 Å². The second-order valence-electron chi connectivity index (χ2n) is 37.6. The minimum Gasteiger partial charge on any atom is -0.337 e. The molecular formula is C112H93FN24O4S4. The van der Waals surface area contributed by atoms with Crippen LogP contribution in [-0.4, -0.2) is 124 Å². The van der Waals surface area contributed by atoms with Crippen LogP contribution in [0.5, 0.6) is 0 Å².